The number of benzene rings is 1. The number of para-hydroxylation sites is 1. The number of nitrogens with zero attached hydrogens (tertiary/aromatic N) is 1. The van der Waals surface area contributed by atoms with Gasteiger partial charge in [-0.15, -0.1) is 0 Å². The molecule has 0 saturated heterocycles. The van der Waals surface area contributed by atoms with E-state index in [0.717, 1.165) is 10.9 Å². The first kappa shape index (κ1) is 14.1. The molecule has 1 aromatic carbocycles. The number of methoxy groups -OCH3 is 1. The van der Waals surface area contributed by atoms with Crippen LogP contribution in [0, 0.1) is 0 Å². The summed E-state index contributed by atoms with van der Waals surface area (Å²) in [6.07, 6.45) is 0.574. The molecule has 0 aliphatic rings. The molecule has 1 N–H and O–H groups in total. The molecule has 6 heteroatoms. The Morgan fingerprint density at radius 3 is 2.55 bits per heavy atom. The number of carbonyl (C=O) groups excluding carboxylic acids is 2. The van der Waals surface area contributed by atoms with Gasteiger partial charge in [-0.2, -0.15) is 4.73 Å². The lowest BCUT2D eigenvalue weighted by atomic mass is 10.1. The molecule has 20 heavy (non-hydrogen) atoms. The second-order valence-corrected chi connectivity index (χ2v) is 4.25. The monoisotopic (exact) mass is 276 g/mol. The van der Waals surface area contributed by atoms with E-state index in [1.54, 1.807) is 6.20 Å². The van der Waals surface area contributed by atoms with Gasteiger partial charge in [0.1, 0.15) is 7.11 Å². The van der Waals surface area contributed by atoms with Crippen LogP contribution in [-0.4, -0.2) is 36.9 Å². The normalized spacial score (nSPS) is 12.2. The largest absolute Gasteiger partial charge is 0.417 e. The van der Waals surface area contributed by atoms with Crippen LogP contribution in [0.1, 0.15) is 17.3 Å². The Kier molecular flexibility index (Phi) is 4.05. The van der Waals surface area contributed by atoms with E-state index in [-0.39, 0.29) is 11.7 Å². The highest BCUT2D eigenvalue weighted by molar-refractivity contribution is 6.10. The number of fused-ring (bicyclic) bond motifs is 1. The van der Waals surface area contributed by atoms with E-state index >= 15 is 0 Å². The van der Waals surface area contributed by atoms with Crippen molar-refractivity contribution < 1.29 is 19.2 Å². The lowest BCUT2D eigenvalue weighted by Crippen LogP contribution is -2.41. The van der Waals surface area contributed by atoms with Crippen LogP contribution in [-0.2, 0) is 9.53 Å². The second kappa shape index (κ2) is 5.75. The molecule has 0 aliphatic carbocycles. The Bertz CT molecular complexity index is 648. The minimum atomic E-state index is -1.01. The van der Waals surface area contributed by atoms with Gasteiger partial charge in [0.2, 0.25) is 11.7 Å². The van der Waals surface area contributed by atoms with Crippen LogP contribution in [0.2, 0.25) is 0 Å². The van der Waals surface area contributed by atoms with E-state index < -0.39 is 6.23 Å². The number of Topliss-reactive ketones (excluding diaryl/α,β-unsaturated/α-hetero) is 1. The van der Waals surface area contributed by atoms with Crippen molar-refractivity contribution in [3.8, 4) is 0 Å². The van der Waals surface area contributed by atoms with Gasteiger partial charge in [0.25, 0.3) is 0 Å². The smallest absolute Gasteiger partial charge is 0.219 e. The fourth-order valence-corrected chi connectivity index (χ4v) is 2.05. The van der Waals surface area contributed by atoms with Crippen LogP contribution >= 0.6 is 0 Å². The first-order valence-electron chi connectivity index (χ1n) is 6.07. The van der Waals surface area contributed by atoms with Crippen molar-refractivity contribution >= 4 is 22.6 Å². The van der Waals surface area contributed by atoms with Gasteiger partial charge in [-0.1, -0.05) is 18.2 Å². The highest BCUT2D eigenvalue weighted by Crippen LogP contribution is 2.21. The second-order valence-electron chi connectivity index (χ2n) is 4.25. The molecule has 2 rings (SSSR count). The average Bonchev–Trinajstić information content (AvgIpc) is 2.82. The first-order valence-corrected chi connectivity index (χ1v) is 6.07. The van der Waals surface area contributed by atoms with Gasteiger partial charge in [0.05, 0.1) is 17.3 Å². The molecule has 1 atom stereocenters. The summed E-state index contributed by atoms with van der Waals surface area (Å²) in [6, 6.07) is 7.35. The number of nitrogens with one attached hydrogen (secondary N) is 1. The molecular formula is C14H16N2O4. The zero-order chi connectivity index (χ0) is 14.7. The summed E-state index contributed by atoms with van der Waals surface area (Å²) in [7, 11) is 2.89. The van der Waals surface area contributed by atoms with Crippen LogP contribution in [0.15, 0.2) is 30.5 Å². The molecule has 6 nitrogen and oxygen atoms in total. The zero-order valence-corrected chi connectivity index (χ0v) is 11.5. The standard InChI is InChI=1S/C14H16N2O4/c1-9(17)15-14(19-2)13(18)11-8-16(20-3)12-7-5-4-6-10(11)12/h4-8,14H,1-3H3,(H,15,17). The van der Waals surface area contributed by atoms with Crippen molar-refractivity contribution in [2.24, 2.45) is 0 Å². The van der Waals surface area contributed by atoms with Crippen LogP contribution < -0.4 is 10.2 Å². The summed E-state index contributed by atoms with van der Waals surface area (Å²) in [6.45, 7) is 1.33. The molecule has 0 saturated carbocycles. The highest BCUT2D eigenvalue weighted by Gasteiger charge is 2.24. The lowest BCUT2D eigenvalue weighted by Gasteiger charge is -2.14. The van der Waals surface area contributed by atoms with E-state index in [1.807, 2.05) is 24.3 Å². The van der Waals surface area contributed by atoms with Crippen molar-refractivity contribution in [1.82, 2.24) is 10.0 Å². The predicted molar refractivity (Wildman–Crippen MR) is 73.4 cm³/mol. The lowest BCUT2D eigenvalue weighted by molar-refractivity contribution is -0.121. The quantitative estimate of drug-likeness (QED) is 0.653. The van der Waals surface area contributed by atoms with Gasteiger partial charge in [-0.25, -0.2) is 0 Å². The Labute approximate surface area is 116 Å². The van der Waals surface area contributed by atoms with Crippen molar-refractivity contribution in [2.75, 3.05) is 14.2 Å². The molecule has 0 fully saturated rings. The number of rotatable bonds is 5. The summed E-state index contributed by atoms with van der Waals surface area (Å²) in [4.78, 5) is 28.7. The van der Waals surface area contributed by atoms with E-state index in [1.165, 1.54) is 25.9 Å². The number of hydrogen-bond acceptors (Lipinski definition) is 4. The third-order valence-electron chi connectivity index (χ3n) is 2.95. The number of aromatic nitrogens is 1. The van der Waals surface area contributed by atoms with Gasteiger partial charge in [-0.05, 0) is 6.07 Å². The molecular weight excluding hydrogens is 260 g/mol. The summed E-state index contributed by atoms with van der Waals surface area (Å²) in [5.74, 6) is -0.657. The SMILES string of the molecule is COC(NC(C)=O)C(=O)c1cn(OC)c2ccccc12. The highest BCUT2D eigenvalue weighted by atomic mass is 16.6. The summed E-state index contributed by atoms with van der Waals surface area (Å²) in [5, 5.41) is 3.20. The third kappa shape index (κ3) is 2.50. The van der Waals surface area contributed by atoms with E-state index in [9.17, 15) is 9.59 Å². The van der Waals surface area contributed by atoms with Crippen LogP contribution in [0.3, 0.4) is 0 Å². The van der Waals surface area contributed by atoms with Crippen molar-refractivity contribution in [3.63, 3.8) is 0 Å². The van der Waals surface area contributed by atoms with Crippen LogP contribution in [0.4, 0.5) is 0 Å². The molecule has 1 heterocycles. The maximum atomic E-state index is 12.4. The number of hydrogen-bond donors (Lipinski definition) is 1. The fraction of sp³-hybridized carbons (Fsp3) is 0.286. The first-order chi connectivity index (χ1) is 9.58. The van der Waals surface area contributed by atoms with Gasteiger partial charge in [0, 0.05) is 19.4 Å². The van der Waals surface area contributed by atoms with Gasteiger partial charge in [-0.3, -0.25) is 9.59 Å². The minimum absolute atomic E-state index is 0.324. The maximum absolute atomic E-state index is 12.4. The number of ketones is 1. The van der Waals surface area contributed by atoms with Crippen molar-refractivity contribution in [2.45, 2.75) is 13.2 Å². The van der Waals surface area contributed by atoms with Gasteiger partial charge < -0.3 is 14.9 Å². The third-order valence-corrected chi connectivity index (χ3v) is 2.95. The van der Waals surface area contributed by atoms with Crippen molar-refractivity contribution in [3.05, 3.63) is 36.0 Å². The molecule has 0 bridgehead atoms. The summed E-state index contributed by atoms with van der Waals surface area (Å²) < 4.78 is 6.54. The molecule has 1 unspecified atom stereocenters. The van der Waals surface area contributed by atoms with E-state index in [2.05, 4.69) is 5.32 Å². The Morgan fingerprint density at radius 1 is 1.25 bits per heavy atom. The zero-order valence-electron chi connectivity index (χ0n) is 11.5. The Balaban J connectivity index is 2.46. The number of ether oxygens (including phenoxy) is 1. The number of amides is 1. The van der Waals surface area contributed by atoms with Gasteiger partial charge in [0.15, 0.2) is 6.23 Å². The predicted octanol–water partition coefficient (Wildman–Crippen LogP) is 0.991. The maximum Gasteiger partial charge on any atom is 0.219 e. The molecule has 0 spiro atoms. The number of carbonyl (C=O) groups is 2. The Morgan fingerprint density at radius 2 is 1.95 bits per heavy atom. The van der Waals surface area contributed by atoms with E-state index in [4.69, 9.17) is 9.57 Å². The molecule has 1 aromatic heterocycles. The fourth-order valence-electron chi connectivity index (χ4n) is 2.05. The molecule has 0 aliphatic heterocycles. The summed E-state index contributed by atoms with van der Waals surface area (Å²) in [5.41, 5.74) is 1.21. The molecule has 1 amide bonds. The Hall–Kier alpha value is -2.34. The topological polar surface area (TPSA) is 69.6 Å². The minimum Gasteiger partial charge on any atom is -0.417 e. The van der Waals surface area contributed by atoms with Gasteiger partial charge >= 0.3 is 0 Å². The van der Waals surface area contributed by atoms with E-state index in [0.29, 0.717) is 5.56 Å². The van der Waals surface area contributed by atoms with Crippen molar-refractivity contribution in [1.29, 1.82) is 0 Å². The summed E-state index contributed by atoms with van der Waals surface area (Å²) >= 11 is 0. The molecule has 2 aromatic rings. The molecule has 106 valence electrons. The average molecular weight is 276 g/mol. The molecule has 0 radical (unpaired) electrons. The van der Waals surface area contributed by atoms with Crippen LogP contribution in [0.25, 0.3) is 10.9 Å². The van der Waals surface area contributed by atoms with Crippen LogP contribution in [0.5, 0.6) is 0 Å².